The first-order valence-electron chi connectivity index (χ1n) is 2.50. The fourth-order valence-corrected chi connectivity index (χ4v) is 0.552. The number of hydrogen-bond donors (Lipinski definition) is 0. The second-order valence-corrected chi connectivity index (χ2v) is 1.78. The Hall–Kier alpha value is -1.18. The van der Waals surface area contributed by atoms with Crippen molar-refractivity contribution in [3.63, 3.8) is 0 Å². The van der Waals surface area contributed by atoms with Gasteiger partial charge in [0.2, 0.25) is 11.6 Å². The fourth-order valence-electron chi connectivity index (χ4n) is 0.552. The van der Waals surface area contributed by atoms with Crippen molar-refractivity contribution in [2.75, 3.05) is 0 Å². The molecule has 0 spiro atoms. The number of carbonyl (C=O) groups excluding carboxylic acids is 2. The summed E-state index contributed by atoms with van der Waals surface area (Å²) < 4.78 is 0. The van der Waals surface area contributed by atoms with Gasteiger partial charge in [-0.25, -0.2) is 0 Å². The van der Waals surface area contributed by atoms with Crippen LogP contribution in [0.3, 0.4) is 0 Å². The lowest BCUT2D eigenvalue weighted by atomic mass is 10.1. The third-order valence-electron chi connectivity index (χ3n) is 1.01. The van der Waals surface area contributed by atoms with Crippen LogP contribution in [0.25, 0.3) is 0 Å². The number of carbonyl (C=O) groups is 2. The lowest BCUT2D eigenvalue weighted by Crippen LogP contribution is -2.10. The van der Waals surface area contributed by atoms with Gasteiger partial charge < -0.3 is 0 Å². The highest BCUT2D eigenvalue weighted by Crippen LogP contribution is 2.01. The van der Waals surface area contributed by atoms with Crippen molar-refractivity contribution in [3.05, 3.63) is 30.7 Å². The van der Waals surface area contributed by atoms with Crippen molar-refractivity contribution in [2.24, 2.45) is 0 Å². The van der Waals surface area contributed by atoms with E-state index in [-0.39, 0.29) is 0 Å². The number of rotatable bonds is 0. The maximum Gasteiger partial charge on any atom is 0.225 e. The van der Waals surface area contributed by atoms with E-state index >= 15 is 0 Å². The lowest BCUT2D eigenvalue weighted by Gasteiger charge is -1.95. The second-order valence-electron chi connectivity index (χ2n) is 1.78. The molecular weight excluding hydrogens is 116 g/mol. The van der Waals surface area contributed by atoms with Gasteiger partial charge in [-0.05, 0) is 24.6 Å². The van der Waals surface area contributed by atoms with Crippen LogP contribution in [0.5, 0.6) is 0 Å². The van der Waals surface area contributed by atoms with Crippen molar-refractivity contribution in [2.45, 2.75) is 0 Å². The van der Waals surface area contributed by atoms with Crippen molar-refractivity contribution in [1.82, 2.24) is 0 Å². The minimum atomic E-state index is -0.484. The lowest BCUT2D eigenvalue weighted by molar-refractivity contribution is -0.131. The molecule has 0 bridgehead atoms. The van der Waals surface area contributed by atoms with Crippen LogP contribution in [-0.2, 0) is 9.59 Å². The van der Waals surface area contributed by atoms with Crippen LogP contribution in [0.2, 0.25) is 0 Å². The molecule has 0 atom stereocenters. The number of allylic oxidation sites excluding steroid dienone is 4. The van der Waals surface area contributed by atoms with E-state index in [4.69, 9.17) is 0 Å². The Labute approximate surface area is 52.9 Å². The molecule has 0 aliphatic heterocycles. The summed E-state index contributed by atoms with van der Waals surface area (Å²) in [6.07, 6.45) is 3.97. The Morgan fingerprint density at radius 2 is 1.78 bits per heavy atom. The molecule has 0 N–H and O–H groups in total. The SMILES string of the molecule is [CH2]C1=CC(=O)C(=O)C=C1. The molecule has 0 aromatic rings. The van der Waals surface area contributed by atoms with E-state index in [1.54, 1.807) is 0 Å². The highest BCUT2D eigenvalue weighted by molar-refractivity contribution is 6.46. The summed E-state index contributed by atoms with van der Waals surface area (Å²) in [5.41, 5.74) is 0.583. The minimum Gasteiger partial charge on any atom is -0.286 e. The van der Waals surface area contributed by atoms with Crippen LogP contribution in [-0.4, -0.2) is 11.6 Å². The maximum absolute atomic E-state index is 10.5. The molecule has 1 aliphatic rings. The van der Waals surface area contributed by atoms with E-state index in [9.17, 15) is 9.59 Å². The molecule has 0 heterocycles. The van der Waals surface area contributed by atoms with E-state index in [1.807, 2.05) is 0 Å². The number of hydrogen-bond acceptors (Lipinski definition) is 2. The van der Waals surface area contributed by atoms with Gasteiger partial charge in [0.25, 0.3) is 0 Å². The van der Waals surface area contributed by atoms with Gasteiger partial charge in [0.1, 0.15) is 0 Å². The maximum atomic E-state index is 10.5. The van der Waals surface area contributed by atoms with E-state index in [2.05, 4.69) is 6.92 Å². The van der Waals surface area contributed by atoms with Gasteiger partial charge in [0, 0.05) is 0 Å². The van der Waals surface area contributed by atoms with Crippen molar-refractivity contribution in [1.29, 1.82) is 0 Å². The van der Waals surface area contributed by atoms with E-state index in [0.29, 0.717) is 5.57 Å². The number of ketones is 2. The minimum absolute atomic E-state index is 0.470. The molecule has 2 nitrogen and oxygen atoms in total. The zero-order chi connectivity index (χ0) is 6.85. The molecule has 2 heteroatoms. The first-order chi connectivity index (χ1) is 4.20. The van der Waals surface area contributed by atoms with Crippen LogP contribution >= 0.6 is 0 Å². The van der Waals surface area contributed by atoms with E-state index < -0.39 is 11.6 Å². The van der Waals surface area contributed by atoms with Gasteiger partial charge >= 0.3 is 0 Å². The summed E-state index contributed by atoms with van der Waals surface area (Å²) in [5.74, 6) is -0.954. The summed E-state index contributed by atoms with van der Waals surface area (Å²) in [7, 11) is 0. The van der Waals surface area contributed by atoms with Gasteiger partial charge in [-0.3, -0.25) is 9.59 Å². The van der Waals surface area contributed by atoms with Crippen LogP contribution in [0.4, 0.5) is 0 Å². The van der Waals surface area contributed by atoms with Gasteiger partial charge in [0.05, 0.1) is 0 Å². The second kappa shape index (κ2) is 1.97. The Kier molecular flexibility index (Phi) is 1.30. The molecule has 1 rings (SSSR count). The largest absolute Gasteiger partial charge is 0.286 e. The monoisotopic (exact) mass is 121 g/mol. The first-order valence-corrected chi connectivity index (χ1v) is 2.50. The topological polar surface area (TPSA) is 34.1 Å². The zero-order valence-electron chi connectivity index (χ0n) is 4.76. The predicted octanol–water partition coefficient (Wildman–Crippen LogP) is 0.455. The normalized spacial score (nSPS) is 18.1. The Balaban J connectivity index is 2.95. The average molecular weight is 121 g/mol. The third kappa shape index (κ3) is 1.13. The molecule has 0 unspecified atom stereocenters. The molecule has 1 aliphatic carbocycles. The molecule has 0 fully saturated rings. The van der Waals surface area contributed by atoms with Crippen LogP contribution in [0, 0.1) is 6.92 Å². The van der Waals surface area contributed by atoms with Crippen molar-refractivity contribution >= 4 is 11.6 Å². The first kappa shape index (κ1) is 5.95. The third-order valence-corrected chi connectivity index (χ3v) is 1.01. The highest BCUT2D eigenvalue weighted by atomic mass is 16.2. The predicted molar refractivity (Wildman–Crippen MR) is 32.6 cm³/mol. The van der Waals surface area contributed by atoms with Crippen LogP contribution < -0.4 is 0 Å². The Morgan fingerprint density at radius 3 is 2.22 bits per heavy atom. The molecule has 0 saturated carbocycles. The summed E-state index contributed by atoms with van der Waals surface area (Å²) in [5, 5.41) is 0. The Bertz CT molecular complexity index is 221. The smallest absolute Gasteiger partial charge is 0.225 e. The summed E-state index contributed by atoms with van der Waals surface area (Å²) >= 11 is 0. The van der Waals surface area contributed by atoms with Gasteiger partial charge in [-0.1, -0.05) is 6.08 Å². The molecule has 0 amide bonds. The fraction of sp³-hybridized carbons (Fsp3) is 0. The standard InChI is InChI=1S/C7H5O2/c1-5-2-3-6(8)7(9)4-5/h2-4H,1H2. The van der Waals surface area contributed by atoms with Crippen molar-refractivity contribution in [3.8, 4) is 0 Å². The molecule has 1 radical (unpaired) electrons. The van der Waals surface area contributed by atoms with Gasteiger partial charge in [0.15, 0.2) is 0 Å². The van der Waals surface area contributed by atoms with E-state index in [0.717, 1.165) is 0 Å². The Morgan fingerprint density at radius 1 is 1.11 bits per heavy atom. The summed E-state index contributed by atoms with van der Waals surface area (Å²) in [4.78, 5) is 20.9. The molecule has 0 saturated heterocycles. The molecular formula is C7H5O2. The zero-order valence-corrected chi connectivity index (χ0v) is 4.76. The van der Waals surface area contributed by atoms with Crippen LogP contribution in [0.15, 0.2) is 23.8 Å². The molecule has 0 aromatic heterocycles. The van der Waals surface area contributed by atoms with Crippen LogP contribution in [0.1, 0.15) is 0 Å². The summed E-state index contributed by atoms with van der Waals surface area (Å²) in [6, 6.07) is 0. The van der Waals surface area contributed by atoms with Gasteiger partial charge in [-0.15, -0.1) is 0 Å². The van der Waals surface area contributed by atoms with Gasteiger partial charge in [-0.2, -0.15) is 0 Å². The molecule has 0 aromatic carbocycles. The van der Waals surface area contributed by atoms with E-state index in [1.165, 1.54) is 18.2 Å². The van der Waals surface area contributed by atoms with Crippen molar-refractivity contribution < 1.29 is 9.59 Å². The highest BCUT2D eigenvalue weighted by Gasteiger charge is 2.09. The quantitative estimate of drug-likeness (QED) is 0.344. The summed E-state index contributed by atoms with van der Waals surface area (Å²) in [6.45, 7) is 3.48. The molecule has 45 valence electrons. The molecule has 9 heavy (non-hydrogen) atoms. The average Bonchev–Trinajstić information content (AvgIpc) is 1.80.